The van der Waals surface area contributed by atoms with Gasteiger partial charge >= 0.3 is 5.97 Å². The summed E-state index contributed by atoms with van der Waals surface area (Å²) in [6.07, 6.45) is 3.72. The standard InChI is InChI=1S/C20H36N2O4/c1-17(2,21)11-19(5,20(6)12-22-20)16(23)24-10-13-7-8-14-15(9-13)26-18(3,4)25-14/h13-15,22H,7-12,21H2,1-6H3. The first kappa shape index (κ1) is 20.1. The maximum Gasteiger partial charge on any atom is 0.313 e. The lowest BCUT2D eigenvalue weighted by Gasteiger charge is -2.38. The summed E-state index contributed by atoms with van der Waals surface area (Å²) in [6.45, 7) is 13.2. The largest absolute Gasteiger partial charge is 0.465 e. The second kappa shape index (κ2) is 6.43. The van der Waals surface area contributed by atoms with E-state index in [4.69, 9.17) is 19.9 Å². The second-order valence-electron chi connectivity index (χ2n) is 10.2. The Balaban J connectivity index is 1.57. The lowest BCUT2D eigenvalue weighted by molar-refractivity contribution is -0.161. The maximum absolute atomic E-state index is 13.0. The minimum absolute atomic E-state index is 0.111. The van der Waals surface area contributed by atoms with Gasteiger partial charge in [0, 0.05) is 17.6 Å². The third-order valence-corrected chi connectivity index (χ3v) is 6.34. The molecule has 150 valence electrons. The Morgan fingerprint density at radius 1 is 1.19 bits per heavy atom. The van der Waals surface area contributed by atoms with E-state index < -0.39 is 16.7 Å². The average molecular weight is 369 g/mol. The molecule has 0 radical (unpaired) electrons. The van der Waals surface area contributed by atoms with Crippen molar-refractivity contribution >= 4 is 5.97 Å². The molecule has 2 aliphatic heterocycles. The minimum atomic E-state index is -0.628. The molecule has 1 saturated carbocycles. The molecule has 5 unspecified atom stereocenters. The number of nitrogens with two attached hydrogens (primary N) is 1. The van der Waals surface area contributed by atoms with Crippen LogP contribution in [-0.4, -0.2) is 48.2 Å². The Morgan fingerprint density at radius 3 is 2.38 bits per heavy atom. The van der Waals surface area contributed by atoms with E-state index in [0.717, 1.165) is 25.8 Å². The zero-order valence-electron chi connectivity index (χ0n) is 17.2. The van der Waals surface area contributed by atoms with Gasteiger partial charge in [0.2, 0.25) is 0 Å². The Labute approximate surface area is 157 Å². The summed E-state index contributed by atoms with van der Waals surface area (Å²) in [7, 11) is 0. The second-order valence-corrected chi connectivity index (χ2v) is 10.2. The molecule has 3 aliphatic rings. The smallest absolute Gasteiger partial charge is 0.313 e. The number of ether oxygens (including phenoxy) is 3. The van der Waals surface area contributed by atoms with Gasteiger partial charge in [-0.25, -0.2) is 0 Å². The zero-order chi connectivity index (χ0) is 19.4. The molecule has 26 heavy (non-hydrogen) atoms. The van der Waals surface area contributed by atoms with Gasteiger partial charge in [-0.05, 0) is 73.1 Å². The average Bonchev–Trinajstić information content (AvgIpc) is 3.16. The van der Waals surface area contributed by atoms with E-state index >= 15 is 0 Å². The molecular formula is C20H36N2O4. The number of hydrogen-bond donors (Lipinski definition) is 2. The van der Waals surface area contributed by atoms with Crippen LogP contribution in [0.3, 0.4) is 0 Å². The molecule has 6 heteroatoms. The van der Waals surface area contributed by atoms with Gasteiger partial charge in [-0.2, -0.15) is 0 Å². The highest BCUT2D eigenvalue weighted by Crippen LogP contribution is 2.45. The first-order valence-electron chi connectivity index (χ1n) is 9.90. The topological polar surface area (TPSA) is 92.7 Å². The van der Waals surface area contributed by atoms with Gasteiger partial charge in [0.25, 0.3) is 0 Å². The molecule has 1 aliphatic carbocycles. The maximum atomic E-state index is 13.0. The monoisotopic (exact) mass is 368 g/mol. The molecule has 3 N–H and O–H groups in total. The molecule has 0 spiro atoms. The van der Waals surface area contributed by atoms with Crippen molar-refractivity contribution in [2.24, 2.45) is 17.1 Å². The van der Waals surface area contributed by atoms with E-state index in [9.17, 15) is 4.79 Å². The lowest BCUT2D eigenvalue weighted by atomic mass is 9.70. The molecule has 2 heterocycles. The fourth-order valence-electron chi connectivity index (χ4n) is 4.63. The van der Waals surface area contributed by atoms with E-state index in [1.54, 1.807) is 0 Å². The number of fused-ring (bicyclic) bond motifs is 1. The summed E-state index contributed by atoms with van der Waals surface area (Å²) in [5.41, 5.74) is 4.95. The molecule has 2 saturated heterocycles. The minimum Gasteiger partial charge on any atom is -0.465 e. The highest BCUT2D eigenvalue weighted by atomic mass is 16.7. The van der Waals surface area contributed by atoms with Crippen molar-refractivity contribution in [3.63, 3.8) is 0 Å². The van der Waals surface area contributed by atoms with E-state index in [-0.39, 0.29) is 23.7 Å². The van der Waals surface area contributed by atoms with Crippen molar-refractivity contribution in [3.05, 3.63) is 0 Å². The lowest BCUT2D eigenvalue weighted by Crippen LogP contribution is -2.51. The van der Waals surface area contributed by atoms with Crippen LogP contribution in [0.2, 0.25) is 0 Å². The molecule has 6 nitrogen and oxygen atoms in total. The Morgan fingerprint density at radius 2 is 1.81 bits per heavy atom. The Hall–Kier alpha value is -0.690. The number of carbonyl (C=O) groups excluding carboxylic acids is 1. The number of nitrogens with one attached hydrogen (secondary N) is 1. The van der Waals surface area contributed by atoms with Crippen molar-refractivity contribution in [3.8, 4) is 0 Å². The normalized spacial score (nSPS) is 38.3. The van der Waals surface area contributed by atoms with E-state index in [2.05, 4.69) is 12.2 Å². The number of carbonyl (C=O) groups is 1. The molecule has 0 aromatic rings. The van der Waals surface area contributed by atoms with Crippen LogP contribution in [0, 0.1) is 11.3 Å². The summed E-state index contributed by atoms with van der Waals surface area (Å²) in [4.78, 5) is 13.0. The predicted octanol–water partition coefficient (Wildman–Crippen LogP) is 2.35. The van der Waals surface area contributed by atoms with Crippen LogP contribution in [0.4, 0.5) is 0 Å². The quantitative estimate of drug-likeness (QED) is 0.552. The van der Waals surface area contributed by atoms with Gasteiger partial charge in [0.1, 0.15) is 0 Å². The van der Waals surface area contributed by atoms with Crippen LogP contribution < -0.4 is 11.1 Å². The van der Waals surface area contributed by atoms with Gasteiger partial charge < -0.3 is 25.3 Å². The first-order valence-corrected chi connectivity index (χ1v) is 9.90. The van der Waals surface area contributed by atoms with Crippen molar-refractivity contribution in [2.45, 2.75) is 96.3 Å². The Bertz CT molecular complexity index is 553. The van der Waals surface area contributed by atoms with Crippen molar-refractivity contribution in [2.75, 3.05) is 13.2 Å². The van der Waals surface area contributed by atoms with E-state index in [0.29, 0.717) is 18.9 Å². The van der Waals surface area contributed by atoms with E-state index in [1.165, 1.54) is 0 Å². The molecule has 0 aromatic heterocycles. The highest BCUT2D eigenvalue weighted by molar-refractivity contribution is 5.79. The van der Waals surface area contributed by atoms with Gasteiger partial charge in [-0.15, -0.1) is 0 Å². The number of hydrogen-bond acceptors (Lipinski definition) is 6. The van der Waals surface area contributed by atoms with Gasteiger partial charge in [-0.1, -0.05) is 0 Å². The molecule has 3 rings (SSSR count). The molecule has 0 bridgehead atoms. The highest BCUT2D eigenvalue weighted by Gasteiger charge is 2.59. The molecule has 5 atom stereocenters. The molecular weight excluding hydrogens is 332 g/mol. The summed E-state index contributed by atoms with van der Waals surface area (Å²) in [5, 5.41) is 3.34. The number of rotatable bonds is 6. The van der Waals surface area contributed by atoms with Gasteiger partial charge in [0.05, 0.1) is 24.2 Å². The van der Waals surface area contributed by atoms with Gasteiger partial charge in [-0.3, -0.25) is 4.79 Å². The SMILES string of the molecule is CC(C)(N)CC(C)(C(=O)OCC1CCC2OC(C)(C)OC2C1)C1(C)CN1. The first-order chi connectivity index (χ1) is 11.8. The number of esters is 1. The van der Waals surface area contributed by atoms with E-state index in [1.807, 2.05) is 34.6 Å². The van der Waals surface area contributed by atoms with Crippen LogP contribution >= 0.6 is 0 Å². The van der Waals surface area contributed by atoms with Crippen molar-refractivity contribution in [1.82, 2.24) is 5.32 Å². The predicted molar refractivity (Wildman–Crippen MR) is 99.5 cm³/mol. The Kier molecular flexibility index (Phi) is 4.96. The summed E-state index contributed by atoms with van der Waals surface area (Å²) in [6, 6.07) is 0. The molecule has 3 fully saturated rings. The summed E-state index contributed by atoms with van der Waals surface area (Å²) in [5.74, 6) is -0.319. The third kappa shape index (κ3) is 4.08. The van der Waals surface area contributed by atoms with Crippen molar-refractivity contribution in [1.29, 1.82) is 0 Å². The van der Waals surface area contributed by atoms with Crippen LogP contribution in [-0.2, 0) is 19.0 Å². The van der Waals surface area contributed by atoms with Crippen LogP contribution in [0.1, 0.15) is 67.2 Å². The van der Waals surface area contributed by atoms with Crippen LogP contribution in [0.25, 0.3) is 0 Å². The zero-order valence-corrected chi connectivity index (χ0v) is 17.2. The fourth-order valence-corrected chi connectivity index (χ4v) is 4.63. The summed E-state index contributed by atoms with van der Waals surface area (Å²) < 4.78 is 17.8. The third-order valence-electron chi connectivity index (χ3n) is 6.34. The summed E-state index contributed by atoms with van der Waals surface area (Å²) >= 11 is 0. The van der Waals surface area contributed by atoms with Crippen molar-refractivity contribution < 1.29 is 19.0 Å². The molecule has 0 aromatic carbocycles. The molecule has 0 amide bonds. The van der Waals surface area contributed by atoms with Crippen LogP contribution in [0.15, 0.2) is 0 Å². The fraction of sp³-hybridized carbons (Fsp3) is 0.950. The van der Waals surface area contributed by atoms with Crippen LogP contribution in [0.5, 0.6) is 0 Å². The van der Waals surface area contributed by atoms with Gasteiger partial charge in [0.15, 0.2) is 5.79 Å².